The third-order valence-electron chi connectivity index (χ3n) is 4.45. The van der Waals surface area contributed by atoms with Crippen molar-refractivity contribution in [2.75, 3.05) is 13.7 Å². The number of hydrogen-bond acceptors (Lipinski definition) is 3. The zero-order valence-corrected chi connectivity index (χ0v) is 12.7. The summed E-state index contributed by atoms with van der Waals surface area (Å²) in [5.74, 6) is 2.71. The molecule has 2 atom stereocenters. The van der Waals surface area contributed by atoms with Crippen LogP contribution >= 0.6 is 0 Å². The molecular weight excluding hydrogens is 262 g/mol. The SMILES string of the molecule is CNC(CCc1nccn1C)C1COc2ccccc2C1. The number of ether oxygens (including phenoxy) is 1. The summed E-state index contributed by atoms with van der Waals surface area (Å²) in [4.78, 5) is 4.41. The maximum Gasteiger partial charge on any atom is 0.122 e. The molecule has 2 heterocycles. The molecule has 1 aliphatic rings. The lowest BCUT2D eigenvalue weighted by Gasteiger charge is -2.31. The van der Waals surface area contributed by atoms with Crippen LogP contribution in [0.2, 0.25) is 0 Å². The number of aryl methyl sites for hydroxylation is 2. The zero-order chi connectivity index (χ0) is 14.7. The molecule has 1 aromatic heterocycles. The van der Waals surface area contributed by atoms with Gasteiger partial charge in [0.25, 0.3) is 0 Å². The monoisotopic (exact) mass is 285 g/mol. The Labute approximate surface area is 126 Å². The number of hydrogen-bond donors (Lipinski definition) is 1. The Morgan fingerprint density at radius 1 is 1.43 bits per heavy atom. The first-order valence-electron chi connectivity index (χ1n) is 7.62. The minimum absolute atomic E-state index is 0.454. The van der Waals surface area contributed by atoms with Gasteiger partial charge >= 0.3 is 0 Å². The molecule has 21 heavy (non-hydrogen) atoms. The summed E-state index contributed by atoms with van der Waals surface area (Å²) in [5.41, 5.74) is 1.32. The van der Waals surface area contributed by atoms with E-state index in [-0.39, 0.29) is 0 Å². The van der Waals surface area contributed by atoms with E-state index in [9.17, 15) is 0 Å². The molecule has 0 radical (unpaired) electrons. The average molecular weight is 285 g/mol. The minimum Gasteiger partial charge on any atom is -0.493 e. The van der Waals surface area contributed by atoms with Crippen LogP contribution in [0, 0.1) is 5.92 Å². The third kappa shape index (κ3) is 3.10. The molecule has 4 heteroatoms. The molecule has 0 bridgehead atoms. The van der Waals surface area contributed by atoms with E-state index in [0.29, 0.717) is 12.0 Å². The van der Waals surface area contributed by atoms with Gasteiger partial charge in [0.2, 0.25) is 0 Å². The summed E-state index contributed by atoms with van der Waals surface area (Å²) in [6.45, 7) is 0.795. The molecule has 2 unspecified atom stereocenters. The van der Waals surface area contributed by atoms with Crippen molar-refractivity contribution < 1.29 is 4.74 Å². The van der Waals surface area contributed by atoms with Crippen LogP contribution in [-0.2, 0) is 19.9 Å². The molecule has 1 N–H and O–H groups in total. The fraction of sp³-hybridized carbons (Fsp3) is 0.471. The van der Waals surface area contributed by atoms with Gasteiger partial charge in [-0.1, -0.05) is 18.2 Å². The molecule has 4 nitrogen and oxygen atoms in total. The Hall–Kier alpha value is -1.81. The number of aromatic nitrogens is 2. The molecule has 0 saturated heterocycles. The lowest BCUT2D eigenvalue weighted by molar-refractivity contribution is 0.183. The standard InChI is InChI=1S/C17H23N3O/c1-18-15(7-8-17-19-9-10-20(17)2)14-11-13-5-3-4-6-16(13)21-12-14/h3-6,9-10,14-15,18H,7-8,11-12H2,1-2H3. The third-order valence-corrected chi connectivity index (χ3v) is 4.45. The Morgan fingerprint density at radius 2 is 2.29 bits per heavy atom. The van der Waals surface area contributed by atoms with Gasteiger partial charge in [0, 0.05) is 37.8 Å². The fourth-order valence-electron chi connectivity index (χ4n) is 3.15. The first-order chi connectivity index (χ1) is 10.3. The van der Waals surface area contributed by atoms with E-state index in [2.05, 4.69) is 40.1 Å². The Morgan fingerprint density at radius 3 is 3.05 bits per heavy atom. The minimum atomic E-state index is 0.454. The summed E-state index contributed by atoms with van der Waals surface area (Å²) in [6, 6.07) is 8.82. The first-order valence-corrected chi connectivity index (χ1v) is 7.62. The molecule has 2 aromatic rings. The van der Waals surface area contributed by atoms with Gasteiger partial charge in [0.05, 0.1) is 6.61 Å². The summed E-state index contributed by atoms with van der Waals surface area (Å²) in [5, 5.41) is 3.47. The largest absolute Gasteiger partial charge is 0.493 e. The van der Waals surface area contributed by atoms with Crippen molar-refractivity contribution in [2.45, 2.75) is 25.3 Å². The lowest BCUT2D eigenvalue weighted by Crippen LogP contribution is -2.40. The Balaban J connectivity index is 1.63. The molecule has 3 rings (SSSR count). The number of rotatable bonds is 5. The molecular formula is C17H23N3O. The molecule has 0 saturated carbocycles. The highest BCUT2D eigenvalue weighted by Crippen LogP contribution is 2.29. The van der Waals surface area contributed by atoms with Gasteiger partial charge in [0.1, 0.15) is 11.6 Å². The molecule has 0 spiro atoms. The number of para-hydroxylation sites is 1. The molecule has 0 fully saturated rings. The van der Waals surface area contributed by atoms with Gasteiger partial charge in [-0.2, -0.15) is 0 Å². The molecule has 1 aromatic carbocycles. The van der Waals surface area contributed by atoms with E-state index in [1.807, 2.05) is 25.5 Å². The molecule has 1 aliphatic heterocycles. The normalized spacial score (nSPS) is 18.9. The van der Waals surface area contributed by atoms with E-state index >= 15 is 0 Å². The van der Waals surface area contributed by atoms with Gasteiger partial charge < -0.3 is 14.6 Å². The van der Waals surface area contributed by atoms with Crippen molar-refractivity contribution in [1.29, 1.82) is 0 Å². The lowest BCUT2D eigenvalue weighted by atomic mass is 9.88. The van der Waals surface area contributed by atoms with Gasteiger partial charge in [-0.15, -0.1) is 0 Å². The van der Waals surface area contributed by atoms with Gasteiger partial charge in [-0.05, 0) is 31.5 Å². The smallest absolute Gasteiger partial charge is 0.122 e. The van der Waals surface area contributed by atoms with Crippen LogP contribution < -0.4 is 10.1 Å². The van der Waals surface area contributed by atoms with Crippen LogP contribution in [-0.4, -0.2) is 29.2 Å². The Kier molecular flexibility index (Phi) is 4.25. The quantitative estimate of drug-likeness (QED) is 0.915. The van der Waals surface area contributed by atoms with Crippen LogP contribution in [0.25, 0.3) is 0 Å². The molecule has 112 valence electrons. The number of nitrogens with one attached hydrogen (secondary N) is 1. The van der Waals surface area contributed by atoms with Crippen LogP contribution in [0.4, 0.5) is 0 Å². The van der Waals surface area contributed by atoms with Crippen LogP contribution in [0.15, 0.2) is 36.7 Å². The first kappa shape index (κ1) is 14.1. The Bertz CT molecular complexity index is 593. The van der Waals surface area contributed by atoms with Crippen molar-refractivity contribution in [3.05, 3.63) is 48.0 Å². The summed E-state index contributed by atoms with van der Waals surface area (Å²) in [7, 11) is 4.10. The molecule has 0 amide bonds. The predicted molar refractivity (Wildman–Crippen MR) is 83.5 cm³/mol. The topological polar surface area (TPSA) is 39.1 Å². The molecule has 0 aliphatic carbocycles. The predicted octanol–water partition coefficient (Wildman–Crippen LogP) is 2.19. The van der Waals surface area contributed by atoms with Crippen molar-refractivity contribution in [2.24, 2.45) is 13.0 Å². The van der Waals surface area contributed by atoms with E-state index in [1.165, 1.54) is 5.56 Å². The average Bonchev–Trinajstić information content (AvgIpc) is 2.93. The zero-order valence-electron chi connectivity index (χ0n) is 12.7. The maximum absolute atomic E-state index is 5.92. The second kappa shape index (κ2) is 6.31. The maximum atomic E-state index is 5.92. The highest BCUT2D eigenvalue weighted by Gasteiger charge is 2.26. The summed E-state index contributed by atoms with van der Waals surface area (Å²) in [6.07, 6.45) is 7.03. The van der Waals surface area contributed by atoms with Gasteiger partial charge in [-0.25, -0.2) is 4.98 Å². The fourth-order valence-corrected chi connectivity index (χ4v) is 3.15. The van der Waals surface area contributed by atoms with E-state index in [4.69, 9.17) is 4.74 Å². The van der Waals surface area contributed by atoms with Crippen LogP contribution in [0.1, 0.15) is 17.8 Å². The number of benzene rings is 1. The van der Waals surface area contributed by atoms with Gasteiger partial charge in [0.15, 0.2) is 0 Å². The van der Waals surface area contributed by atoms with E-state index in [0.717, 1.165) is 37.4 Å². The number of imidazole rings is 1. The summed E-state index contributed by atoms with van der Waals surface area (Å²) >= 11 is 0. The van der Waals surface area contributed by atoms with E-state index in [1.54, 1.807) is 0 Å². The number of fused-ring (bicyclic) bond motifs is 1. The van der Waals surface area contributed by atoms with Crippen LogP contribution in [0.3, 0.4) is 0 Å². The summed E-state index contributed by atoms with van der Waals surface area (Å²) < 4.78 is 8.02. The van der Waals surface area contributed by atoms with E-state index < -0.39 is 0 Å². The van der Waals surface area contributed by atoms with Gasteiger partial charge in [-0.3, -0.25) is 0 Å². The highest BCUT2D eigenvalue weighted by molar-refractivity contribution is 5.35. The van der Waals surface area contributed by atoms with Crippen molar-refractivity contribution in [3.63, 3.8) is 0 Å². The van der Waals surface area contributed by atoms with Crippen molar-refractivity contribution >= 4 is 0 Å². The van der Waals surface area contributed by atoms with Crippen molar-refractivity contribution in [3.8, 4) is 5.75 Å². The van der Waals surface area contributed by atoms with Crippen molar-refractivity contribution in [1.82, 2.24) is 14.9 Å². The van der Waals surface area contributed by atoms with Crippen LogP contribution in [0.5, 0.6) is 5.75 Å². The number of nitrogens with zero attached hydrogens (tertiary/aromatic N) is 2. The second-order valence-electron chi connectivity index (χ2n) is 5.77. The highest BCUT2D eigenvalue weighted by atomic mass is 16.5. The second-order valence-corrected chi connectivity index (χ2v) is 5.77.